The summed E-state index contributed by atoms with van der Waals surface area (Å²) in [6, 6.07) is 4.50. The maximum atomic E-state index is 13.0. The van der Waals surface area contributed by atoms with Gasteiger partial charge in [0.2, 0.25) is 0 Å². The van der Waals surface area contributed by atoms with E-state index in [9.17, 15) is 14.0 Å². The quantitative estimate of drug-likeness (QED) is 0.907. The summed E-state index contributed by atoms with van der Waals surface area (Å²) in [6.07, 6.45) is 1.31. The molecule has 5 nitrogen and oxygen atoms in total. The lowest BCUT2D eigenvalue weighted by Gasteiger charge is -2.07. The van der Waals surface area contributed by atoms with Crippen molar-refractivity contribution in [3.63, 3.8) is 0 Å². The number of carboxylic acids is 1. The molecule has 0 bridgehead atoms. The van der Waals surface area contributed by atoms with Gasteiger partial charge in [0.25, 0.3) is 5.91 Å². The molecule has 19 heavy (non-hydrogen) atoms. The number of furan rings is 1. The summed E-state index contributed by atoms with van der Waals surface area (Å²) >= 11 is 3.04. The number of carbonyl (C=O) groups excluding carboxylic acids is 1. The summed E-state index contributed by atoms with van der Waals surface area (Å²) in [5.74, 6) is -2.59. The highest BCUT2D eigenvalue weighted by Crippen LogP contribution is 2.21. The Labute approximate surface area is 115 Å². The molecule has 98 valence electrons. The third-order valence-electron chi connectivity index (χ3n) is 2.32. The van der Waals surface area contributed by atoms with Crippen LogP contribution in [0.4, 0.5) is 10.1 Å². The summed E-state index contributed by atoms with van der Waals surface area (Å²) in [7, 11) is 0. The van der Waals surface area contributed by atoms with E-state index in [0.29, 0.717) is 0 Å². The topological polar surface area (TPSA) is 79.5 Å². The van der Waals surface area contributed by atoms with E-state index in [-0.39, 0.29) is 21.5 Å². The van der Waals surface area contributed by atoms with Crippen molar-refractivity contribution in [1.29, 1.82) is 0 Å². The molecule has 1 heterocycles. The van der Waals surface area contributed by atoms with Crippen LogP contribution in [0.15, 0.2) is 39.6 Å². The molecule has 0 fully saturated rings. The largest absolute Gasteiger partial charge is 0.478 e. The molecule has 0 aliphatic heterocycles. The number of rotatable bonds is 3. The van der Waals surface area contributed by atoms with E-state index in [1.165, 1.54) is 18.4 Å². The van der Waals surface area contributed by atoms with Crippen molar-refractivity contribution in [2.24, 2.45) is 0 Å². The predicted octanol–water partition coefficient (Wildman–Crippen LogP) is 3.13. The fourth-order valence-electron chi connectivity index (χ4n) is 1.45. The smallest absolute Gasteiger partial charge is 0.337 e. The van der Waals surface area contributed by atoms with Gasteiger partial charge >= 0.3 is 5.97 Å². The Kier molecular flexibility index (Phi) is 3.66. The number of nitrogens with one attached hydrogen (secondary N) is 1. The molecule has 1 aromatic heterocycles. The van der Waals surface area contributed by atoms with Gasteiger partial charge in [0.1, 0.15) is 5.82 Å². The van der Waals surface area contributed by atoms with E-state index in [4.69, 9.17) is 9.52 Å². The number of hydrogen-bond donors (Lipinski definition) is 2. The van der Waals surface area contributed by atoms with Crippen molar-refractivity contribution < 1.29 is 23.5 Å². The van der Waals surface area contributed by atoms with Crippen LogP contribution in [-0.2, 0) is 0 Å². The maximum Gasteiger partial charge on any atom is 0.337 e. The Morgan fingerprint density at radius 3 is 2.58 bits per heavy atom. The fraction of sp³-hybridized carbons (Fsp3) is 0. The Morgan fingerprint density at radius 1 is 1.26 bits per heavy atom. The standard InChI is InChI=1S/C12H7BrFNO4/c13-10-7(3-4-19-10)11(16)15-9-2-1-6(14)5-8(9)12(17)18/h1-5H,(H,15,16)(H,17,18). The van der Waals surface area contributed by atoms with Gasteiger partial charge in [0.05, 0.1) is 23.1 Å². The summed E-state index contributed by atoms with van der Waals surface area (Å²) in [5, 5.41) is 11.3. The van der Waals surface area contributed by atoms with Crippen LogP contribution in [0, 0.1) is 5.82 Å². The third kappa shape index (κ3) is 2.82. The van der Waals surface area contributed by atoms with Gasteiger partial charge in [-0.05, 0) is 40.2 Å². The van der Waals surface area contributed by atoms with Crippen molar-refractivity contribution in [1.82, 2.24) is 0 Å². The maximum absolute atomic E-state index is 13.0. The van der Waals surface area contributed by atoms with Crippen molar-refractivity contribution in [2.75, 3.05) is 5.32 Å². The number of hydrogen-bond acceptors (Lipinski definition) is 3. The molecule has 0 radical (unpaired) electrons. The van der Waals surface area contributed by atoms with Crippen LogP contribution >= 0.6 is 15.9 Å². The minimum absolute atomic E-state index is 0.00648. The summed E-state index contributed by atoms with van der Waals surface area (Å²) in [6.45, 7) is 0. The Bertz CT molecular complexity index is 653. The molecule has 0 aliphatic rings. The zero-order chi connectivity index (χ0) is 14.0. The van der Waals surface area contributed by atoms with E-state index in [1.54, 1.807) is 0 Å². The molecule has 1 aromatic carbocycles. The number of aromatic carboxylic acids is 1. The van der Waals surface area contributed by atoms with Gasteiger partial charge in [-0.15, -0.1) is 0 Å². The third-order valence-corrected chi connectivity index (χ3v) is 2.94. The first-order chi connectivity index (χ1) is 8.99. The number of amides is 1. The highest BCUT2D eigenvalue weighted by molar-refractivity contribution is 9.10. The fourth-order valence-corrected chi connectivity index (χ4v) is 1.87. The second-order valence-corrected chi connectivity index (χ2v) is 4.28. The number of carbonyl (C=O) groups is 2. The lowest BCUT2D eigenvalue weighted by Crippen LogP contribution is -2.14. The molecule has 2 rings (SSSR count). The van der Waals surface area contributed by atoms with Crippen LogP contribution < -0.4 is 5.32 Å². The monoisotopic (exact) mass is 327 g/mol. The van der Waals surface area contributed by atoms with Gasteiger partial charge in [-0.3, -0.25) is 4.79 Å². The molecule has 0 saturated carbocycles. The van der Waals surface area contributed by atoms with E-state index in [2.05, 4.69) is 21.2 Å². The highest BCUT2D eigenvalue weighted by Gasteiger charge is 2.17. The lowest BCUT2D eigenvalue weighted by atomic mass is 10.1. The van der Waals surface area contributed by atoms with Gasteiger partial charge in [0, 0.05) is 0 Å². The Balaban J connectivity index is 2.32. The molecule has 0 spiro atoms. The van der Waals surface area contributed by atoms with Gasteiger partial charge in [-0.2, -0.15) is 0 Å². The van der Waals surface area contributed by atoms with Crippen LogP contribution in [0.2, 0.25) is 0 Å². The Hall–Kier alpha value is -2.15. The van der Waals surface area contributed by atoms with E-state index in [0.717, 1.165) is 12.1 Å². The molecular weight excluding hydrogens is 321 g/mol. The predicted molar refractivity (Wildman–Crippen MR) is 67.7 cm³/mol. The number of benzene rings is 1. The number of anilines is 1. The van der Waals surface area contributed by atoms with Crippen molar-refractivity contribution in [2.45, 2.75) is 0 Å². The van der Waals surface area contributed by atoms with E-state index in [1.807, 2.05) is 0 Å². The van der Waals surface area contributed by atoms with Crippen molar-refractivity contribution in [3.8, 4) is 0 Å². The molecule has 0 unspecified atom stereocenters. The number of carboxylic acid groups (broad SMARTS) is 1. The lowest BCUT2D eigenvalue weighted by molar-refractivity contribution is 0.0697. The minimum atomic E-state index is -1.33. The zero-order valence-electron chi connectivity index (χ0n) is 9.31. The van der Waals surface area contributed by atoms with Crippen LogP contribution in [0.25, 0.3) is 0 Å². The van der Waals surface area contributed by atoms with Gasteiger partial charge in [0.15, 0.2) is 4.67 Å². The van der Waals surface area contributed by atoms with Crippen molar-refractivity contribution >= 4 is 33.5 Å². The molecular formula is C12H7BrFNO4. The number of halogens is 2. The average molecular weight is 328 g/mol. The van der Waals surface area contributed by atoms with Gasteiger partial charge in [-0.25, -0.2) is 9.18 Å². The average Bonchev–Trinajstić information content (AvgIpc) is 2.77. The molecule has 2 aromatic rings. The minimum Gasteiger partial charge on any atom is -0.478 e. The SMILES string of the molecule is O=C(O)c1cc(F)ccc1NC(=O)c1ccoc1Br. The zero-order valence-corrected chi connectivity index (χ0v) is 10.9. The molecule has 2 N–H and O–H groups in total. The van der Waals surface area contributed by atoms with Gasteiger partial charge in [-0.1, -0.05) is 0 Å². The van der Waals surface area contributed by atoms with Crippen LogP contribution in [0.3, 0.4) is 0 Å². The van der Waals surface area contributed by atoms with Gasteiger partial charge < -0.3 is 14.8 Å². The first kappa shape index (κ1) is 13.3. The Morgan fingerprint density at radius 2 is 2.00 bits per heavy atom. The molecule has 0 aliphatic carbocycles. The second-order valence-electron chi connectivity index (χ2n) is 3.56. The normalized spacial score (nSPS) is 10.2. The first-order valence-corrected chi connectivity index (χ1v) is 5.85. The molecule has 7 heteroatoms. The summed E-state index contributed by atoms with van der Waals surface area (Å²) < 4.78 is 18.1. The molecule has 0 atom stereocenters. The van der Waals surface area contributed by atoms with E-state index < -0.39 is 17.7 Å². The van der Waals surface area contributed by atoms with E-state index >= 15 is 0 Å². The van der Waals surface area contributed by atoms with Crippen LogP contribution in [0.5, 0.6) is 0 Å². The summed E-state index contributed by atoms with van der Waals surface area (Å²) in [5.41, 5.74) is -0.111. The highest BCUT2D eigenvalue weighted by atomic mass is 79.9. The second kappa shape index (κ2) is 5.23. The molecule has 1 amide bonds. The first-order valence-electron chi connectivity index (χ1n) is 5.06. The van der Waals surface area contributed by atoms with Crippen LogP contribution in [0.1, 0.15) is 20.7 Å². The van der Waals surface area contributed by atoms with Crippen molar-refractivity contribution in [3.05, 3.63) is 52.1 Å². The summed E-state index contributed by atoms with van der Waals surface area (Å²) in [4.78, 5) is 22.8. The molecule has 0 saturated heterocycles. The van der Waals surface area contributed by atoms with Crippen LogP contribution in [-0.4, -0.2) is 17.0 Å².